The summed E-state index contributed by atoms with van der Waals surface area (Å²) in [5.74, 6) is 0.959. The number of para-hydroxylation sites is 2. The van der Waals surface area contributed by atoms with E-state index in [2.05, 4.69) is 28.4 Å². The molecule has 0 atom stereocenters. The van der Waals surface area contributed by atoms with Crippen LogP contribution in [0, 0.1) is 11.3 Å². The van der Waals surface area contributed by atoms with Gasteiger partial charge < -0.3 is 10.2 Å². The van der Waals surface area contributed by atoms with Crippen molar-refractivity contribution in [2.45, 2.75) is 11.3 Å². The lowest BCUT2D eigenvalue weighted by atomic mass is 10.2. The number of carbonyl (C=O) groups excluding carboxylic acids is 1. The van der Waals surface area contributed by atoms with Crippen LogP contribution in [0.4, 0.5) is 11.4 Å². The van der Waals surface area contributed by atoms with Crippen molar-refractivity contribution >= 4 is 29.0 Å². The number of rotatable bonds is 3. The van der Waals surface area contributed by atoms with Crippen molar-refractivity contribution in [1.82, 2.24) is 0 Å². The van der Waals surface area contributed by atoms with Crippen LogP contribution in [0.2, 0.25) is 0 Å². The lowest BCUT2D eigenvalue weighted by Gasteiger charge is -2.24. The Labute approximate surface area is 140 Å². The Bertz CT molecular complexity index is 754. The highest BCUT2D eigenvalue weighted by Crippen LogP contribution is 2.33. The lowest BCUT2D eigenvalue weighted by Crippen LogP contribution is -2.34. The Balaban J connectivity index is 1.74. The first-order valence-corrected chi connectivity index (χ1v) is 8.52. The van der Waals surface area contributed by atoms with E-state index in [4.69, 9.17) is 5.26 Å². The quantitative estimate of drug-likeness (QED) is 0.939. The largest absolute Gasteiger partial charge is 0.361 e. The molecule has 0 saturated heterocycles. The van der Waals surface area contributed by atoms with Gasteiger partial charge in [0.05, 0.1) is 23.5 Å². The lowest BCUT2D eigenvalue weighted by molar-refractivity contribution is -0.115. The molecule has 2 aromatic rings. The average molecular weight is 323 g/mol. The molecule has 1 N–H and O–H groups in total. The molecule has 1 heterocycles. The number of nitrogens with zero attached hydrogens (tertiary/aromatic N) is 2. The van der Waals surface area contributed by atoms with E-state index in [0.29, 0.717) is 11.3 Å². The molecule has 1 aliphatic rings. The zero-order valence-electron chi connectivity index (χ0n) is 12.7. The molecule has 23 heavy (non-hydrogen) atoms. The zero-order chi connectivity index (χ0) is 16.1. The first-order valence-electron chi connectivity index (χ1n) is 7.53. The van der Waals surface area contributed by atoms with Crippen molar-refractivity contribution in [3.63, 3.8) is 0 Å². The molecule has 0 saturated carbocycles. The van der Waals surface area contributed by atoms with E-state index in [-0.39, 0.29) is 12.5 Å². The van der Waals surface area contributed by atoms with E-state index in [1.165, 1.54) is 4.90 Å². The van der Waals surface area contributed by atoms with Gasteiger partial charge >= 0.3 is 0 Å². The molecule has 116 valence electrons. The second-order valence-electron chi connectivity index (χ2n) is 5.30. The minimum absolute atomic E-state index is 0.102. The Hall–Kier alpha value is -2.45. The highest BCUT2D eigenvalue weighted by atomic mass is 32.2. The number of hydrogen-bond donors (Lipinski definition) is 1. The van der Waals surface area contributed by atoms with Crippen LogP contribution in [0.3, 0.4) is 0 Å². The third-order valence-corrected chi connectivity index (χ3v) is 4.84. The predicted molar refractivity (Wildman–Crippen MR) is 93.8 cm³/mol. The molecule has 0 unspecified atom stereocenters. The van der Waals surface area contributed by atoms with Crippen molar-refractivity contribution < 1.29 is 4.79 Å². The fraction of sp³-hybridized carbons (Fsp3) is 0.222. The maximum Gasteiger partial charge on any atom is 0.243 e. The third-order valence-electron chi connectivity index (χ3n) is 3.69. The fourth-order valence-corrected chi connectivity index (χ4v) is 3.63. The molecule has 2 aromatic carbocycles. The van der Waals surface area contributed by atoms with Crippen LogP contribution in [-0.2, 0) is 4.79 Å². The Kier molecular flexibility index (Phi) is 4.84. The van der Waals surface area contributed by atoms with E-state index < -0.39 is 0 Å². The minimum Gasteiger partial charge on any atom is -0.361 e. The van der Waals surface area contributed by atoms with Gasteiger partial charge in [-0.3, -0.25) is 4.79 Å². The average Bonchev–Trinajstić information content (AvgIpc) is 2.78. The number of nitriles is 1. The predicted octanol–water partition coefficient (Wildman–Crippen LogP) is 3.50. The monoisotopic (exact) mass is 323 g/mol. The molecule has 3 rings (SSSR count). The number of thioether (sulfide) groups is 1. The van der Waals surface area contributed by atoms with E-state index in [1.807, 2.05) is 30.0 Å². The summed E-state index contributed by atoms with van der Waals surface area (Å²) in [6, 6.07) is 17.3. The molecule has 0 fully saturated rings. The molecule has 1 amide bonds. The van der Waals surface area contributed by atoms with Crippen molar-refractivity contribution in [3.05, 3.63) is 54.1 Å². The summed E-state index contributed by atoms with van der Waals surface area (Å²) >= 11 is 1.83. The number of fused-ring (bicyclic) bond motifs is 1. The molecule has 0 aromatic heterocycles. The third kappa shape index (κ3) is 3.66. The van der Waals surface area contributed by atoms with Crippen LogP contribution in [0.1, 0.15) is 12.0 Å². The van der Waals surface area contributed by atoms with Crippen LogP contribution in [-0.4, -0.2) is 24.7 Å². The number of anilines is 2. The molecule has 0 aliphatic carbocycles. The summed E-state index contributed by atoms with van der Waals surface area (Å²) in [5.41, 5.74) is 2.16. The highest BCUT2D eigenvalue weighted by Gasteiger charge is 2.18. The second kappa shape index (κ2) is 7.21. The topological polar surface area (TPSA) is 56.1 Å². The SMILES string of the molecule is N#Cc1ccccc1NC(=O)CN1CCCSc2ccccc21. The number of carbonyl (C=O) groups is 1. The van der Waals surface area contributed by atoms with Gasteiger partial charge in [-0.15, -0.1) is 11.8 Å². The van der Waals surface area contributed by atoms with Gasteiger partial charge in [-0.1, -0.05) is 24.3 Å². The van der Waals surface area contributed by atoms with Crippen molar-refractivity contribution in [2.75, 3.05) is 29.1 Å². The van der Waals surface area contributed by atoms with Gasteiger partial charge in [0.1, 0.15) is 6.07 Å². The standard InChI is InChI=1S/C18H17N3OS/c19-12-14-6-1-2-7-15(14)20-18(22)13-21-10-5-11-23-17-9-4-3-8-16(17)21/h1-4,6-9H,5,10-11,13H2,(H,20,22). The normalized spacial score (nSPS) is 13.6. The summed E-state index contributed by atoms with van der Waals surface area (Å²) in [6.07, 6.45) is 1.04. The number of hydrogen-bond acceptors (Lipinski definition) is 4. The van der Waals surface area contributed by atoms with Gasteiger partial charge in [0, 0.05) is 11.4 Å². The Morgan fingerprint density at radius 1 is 1.22 bits per heavy atom. The maximum absolute atomic E-state index is 12.4. The van der Waals surface area contributed by atoms with E-state index in [1.54, 1.807) is 18.2 Å². The van der Waals surface area contributed by atoms with Gasteiger partial charge in [0.25, 0.3) is 0 Å². The van der Waals surface area contributed by atoms with Crippen molar-refractivity contribution in [1.29, 1.82) is 5.26 Å². The molecule has 1 aliphatic heterocycles. The van der Waals surface area contributed by atoms with Crippen molar-refractivity contribution in [3.8, 4) is 6.07 Å². The van der Waals surface area contributed by atoms with Gasteiger partial charge in [-0.05, 0) is 36.4 Å². The maximum atomic E-state index is 12.4. The summed E-state index contributed by atoms with van der Waals surface area (Å²) in [6.45, 7) is 1.15. The van der Waals surface area contributed by atoms with Gasteiger partial charge in [-0.2, -0.15) is 5.26 Å². The minimum atomic E-state index is -0.102. The highest BCUT2D eigenvalue weighted by molar-refractivity contribution is 7.99. The van der Waals surface area contributed by atoms with Crippen LogP contribution >= 0.6 is 11.8 Å². The number of benzene rings is 2. The summed E-state index contributed by atoms with van der Waals surface area (Å²) in [7, 11) is 0. The second-order valence-corrected chi connectivity index (χ2v) is 6.43. The summed E-state index contributed by atoms with van der Waals surface area (Å²) in [4.78, 5) is 15.7. The molecular formula is C18H17N3OS. The smallest absolute Gasteiger partial charge is 0.243 e. The summed E-state index contributed by atoms with van der Waals surface area (Å²) < 4.78 is 0. The van der Waals surface area contributed by atoms with E-state index in [9.17, 15) is 4.79 Å². The molecule has 0 bridgehead atoms. The number of amides is 1. The first kappa shape index (κ1) is 15.4. The number of nitrogens with one attached hydrogen (secondary N) is 1. The van der Waals surface area contributed by atoms with Gasteiger partial charge in [0.2, 0.25) is 5.91 Å². The van der Waals surface area contributed by atoms with Crippen LogP contribution in [0.25, 0.3) is 0 Å². The Morgan fingerprint density at radius 3 is 2.87 bits per heavy atom. The molecule has 5 heteroatoms. The van der Waals surface area contributed by atoms with Crippen LogP contribution in [0.15, 0.2) is 53.4 Å². The fourth-order valence-electron chi connectivity index (χ4n) is 2.62. The molecule has 0 spiro atoms. The Morgan fingerprint density at radius 2 is 2.00 bits per heavy atom. The molecule has 0 radical (unpaired) electrons. The molecular weight excluding hydrogens is 306 g/mol. The zero-order valence-corrected chi connectivity index (χ0v) is 13.5. The summed E-state index contributed by atoms with van der Waals surface area (Å²) in [5, 5.41) is 12.0. The van der Waals surface area contributed by atoms with Gasteiger partial charge in [-0.25, -0.2) is 0 Å². The van der Waals surface area contributed by atoms with Gasteiger partial charge in [0.15, 0.2) is 0 Å². The molecule has 4 nitrogen and oxygen atoms in total. The first-order chi connectivity index (χ1) is 11.3. The van der Waals surface area contributed by atoms with Crippen LogP contribution in [0.5, 0.6) is 0 Å². The van der Waals surface area contributed by atoms with E-state index in [0.717, 1.165) is 24.4 Å². The van der Waals surface area contributed by atoms with Crippen molar-refractivity contribution in [2.24, 2.45) is 0 Å². The van der Waals surface area contributed by atoms with Crippen LogP contribution < -0.4 is 10.2 Å². The van der Waals surface area contributed by atoms with E-state index >= 15 is 0 Å².